The van der Waals surface area contributed by atoms with Gasteiger partial charge in [0.1, 0.15) is 5.69 Å². The molecule has 0 fully saturated rings. The zero-order chi connectivity index (χ0) is 26.5. The minimum atomic E-state index is -0.339. The quantitative estimate of drug-likeness (QED) is 0.316. The van der Waals surface area contributed by atoms with Crippen LogP contribution in [0, 0.1) is 0 Å². The number of carbonyl (C=O) groups is 1. The van der Waals surface area contributed by atoms with E-state index in [0.29, 0.717) is 35.6 Å². The number of aromatic nitrogens is 4. The molecule has 4 rings (SSSR count). The van der Waals surface area contributed by atoms with Crippen LogP contribution in [0.4, 0.5) is 23.1 Å². The lowest BCUT2D eigenvalue weighted by Crippen LogP contribution is -2.30. The molecule has 0 unspecified atom stereocenters. The van der Waals surface area contributed by atoms with Gasteiger partial charge in [-0.2, -0.15) is 4.98 Å². The average Bonchev–Trinajstić information content (AvgIpc) is 3.24. The molecule has 1 amide bonds. The molecule has 10 heteroatoms. The van der Waals surface area contributed by atoms with E-state index in [2.05, 4.69) is 50.0 Å². The number of likely N-dealkylation sites (N-methyl/N-ethyl adjacent to an activating group) is 2. The van der Waals surface area contributed by atoms with Gasteiger partial charge in [0.05, 0.1) is 18.5 Å². The Hall–Kier alpha value is -4.44. The highest BCUT2D eigenvalue weighted by atomic mass is 16.5. The lowest BCUT2D eigenvalue weighted by Gasteiger charge is -2.24. The first-order valence-electron chi connectivity index (χ1n) is 11.8. The zero-order valence-electron chi connectivity index (χ0n) is 21.8. The molecule has 0 aliphatic heterocycles. The van der Waals surface area contributed by atoms with Crippen LogP contribution in [0.3, 0.4) is 0 Å². The highest BCUT2D eigenvalue weighted by molar-refractivity contribution is 6.01. The first-order chi connectivity index (χ1) is 17.8. The van der Waals surface area contributed by atoms with E-state index in [1.807, 2.05) is 51.3 Å². The van der Waals surface area contributed by atoms with E-state index < -0.39 is 0 Å². The van der Waals surface area contributed by atoms with Crippen LogP contribution in [0.2, 0.25) is 0 Å². The maximum atomic E-state index is 12.2. The van der Waals surface area contributed by atoms with Crippen LogP contribution in [0.15, 0.2) is 61.4 Å². The average molecular weight is 501 g/mol. The first-order valence-corrected chi connectivity index (χ1v) is 11.8. The number of benzene rings is 1. The fourth-order valence-corrected chi connectivity index (χ4v) is 3.99. The molecule has 3 aromatic heterocycles. The van der Waals surface area contributed by atoms with Gasteiger partial charge < -0.3 is 29.7 Å². The number of para-hydroxylation sites is 1. The van der Waals surface area contributed by atoms with Crippen molar-refractivity contribution in [2.45, 2.75) is 0 Å². The summed E-state index contributed by atoms with van der Waals surface area (Å²) in [7, 11) is 9.48. The summed E-state index contributed by atoms with van der Waals surface area (Å²) in [6.07, 6.45) is 4.98. The van der Waals surface area contributed by atoms with E-state index in [9.17, 15) is 4.79 Å². The first kappa shape index (κ1) is 25.6. The lowest BCUT2D eigenvalue weighted by molar-refractivity contribution is -0.111. The highest BCUT2D eigenvalue weighted by Gasteiger charge is 2.18. The third-order valence-corrected chi connectivity index (χ3v) is 5.92. The van der Waals surface area contributed by atoms with Crippen molar-refractivity contribution in [1.82, 2.24) is 24.4 Å². The maximum absolute atomic E-state index is 12.2. The number of amides is 1. The van der Waals surface area contributed by atoms with Gasteiger partial charge in [0.15, 0.2) is 5.82 Å². The van der Waals surface area contributed by atoms with Gasteiger partial charge in [-0.25, -0.2) is 9.97 Å². The van der Waals surface area contributed by atoms with Gasteiger partial charge in [-0.3, -0.25) is 4.79 Å². The molecule has 0 spiro atoms. The number of hydrogen-bond donors (Lipinski definition) is 2. The number of fused-ring (bicyclic) bond motifs is 1. The molecule has 0 aliphatic rings. The molecule has 37 heavy (non-hydrogen) atoms. The smallest absolute Gasteiger partial charge is 0.247 e. The van der Waals surface area contributed by atoms with Crippen molar-refractivity contribution in [2.75, 3.05) is 56.9 Å². The molecule has 0 saturated heterocycles. The summed E-state index contributed by atoms with van der Waals surface area (Å²) in [6, 6.07) is 11.8. The number of carbonyl (C=O) groups excluding carboxylic acids is 1. The molecule has 10 nitrogen and oxygen atoms in total. The molecular formula is C27H32N8O2. The molecule has 0 aliphatic carbocycles. The summed E-state index contributed by atoms with van der Waals surface area (Å²) in [5.41, 5.74) is 3.93. The third-order valence-electron chi connectivity index (χ3n) is 5.92. The normalized spacial score (nSPS) is 11.0. The number of nitrogens with zero attached hydrogens (tertiary/aromatic N) is 6. The number of methoxy groups -OCH3 is 1. The maximum Gasteiger partial charge on any atom is 0.247 e. The molecule has 3 heterocycles. The lowest BCUT2D eigenvalue weighted by atomic mass is 10.1. The third kappa shape index (κ3) is 5.70. The Morgan fingerprint density at radius 3 is 2.65 bits per heavy atom. The van der Waals surface area contributed by atoms with E-state index in [-0.39, 0.29) is 5.91 Å². The Kier molecular flexibility index (Phi) is 7.69. The van der Waals surface area contributed by atoms with Crippen LogP contribution in [0.5, 0.6) is 5.88 Å². The van der Waals surface area contributed by atoms with Gasteiger partial charge in [0.2, 0.25) is 17.7 Å². The van der Waals surface area contributed by atoms with Crippen LogP contribution in [-0.4, -0.2) is 71.7 Å². The van der Waals surface area contributed by atoms with Crippen molar-refractivity contribution in [1.29, 1.82) is 0 Å². The van der Waals surface area contributed by atoms with Gasteiger partial charge in [-0.15, -0.1) is 0 Å². The minimum Gasteiger partial charge on any atom is -0.479 e. The zero-order valence-corrected chi connectivity index (χ0v) is 21.8. The summed E-state index contributed by atoms with van der Waals surface area (Å²) in [5.74, 6) is 0.960. The summed E-state index contributed by atoms with van der Waals surface area (Å²) >= 11 is 0. The fourth-order valence-electron chi connectivity index (χ4n) is 3.99. The Morgan fingerprint density at radius 1 is 1.14 bits per heavy atom. The number of ether oxygens (including phenoxy) is 1. The fraction of sp³-hybridized carbons (Fsp3) is 0.259. The molecule has 0 bridgehead atoms. The molecular weight excluding hydrogens is 468 g/mol. The predicted octanol–water partition coefficient (Wildman–Crippen LogP) is 3.90. The predicted molar refractivity (Wildman–Crippen MR) is 149 cm³/mol. The SMILES string of the molecule is C=CC(=O)Nc1cc(Nc2nccc(-c3cn(C)c4ccccc34)n2)c(OC)nc1N(C)CCN(C)C. The van der Waals surface area contributed by atoms with E-state index in [1.54, 1.807) is 19.4 Å². The van der Waals surface area contributed by atoms with Gasteiger partial charge in [0, 0.05) is 56.0 Å². The number of hydrogen-bond acceptors (Lipinski definition) is 8. The van der Waals surface area contributed by atoms with Crippen molar-refractivity contribution in [2.24, 2.45) is 7.05 Å². The van der Waals surface area contributed by atoms with Crippen molar-refractivity contribution >= 4 is 40.0 Å². The summed E-state index contributed by atoms with van der Waals surface area (Å²) in [5, 5.41) is 7.17. The second-order valence-corrected chi connectivity index (χ2v) is 8.90. The minimum absolute atomic E-state index is 0.339. The van der Waals surface area contributed by atoms with E-state index in [1.165, 1.54) is 6.08 Å². The van der Waals surface area contributed by atoms with Gasteiger partial charge in [0.25, 0.3) is 0 Å². The molecule has 0 atom stereocenters. The van der Waals surface area contributed by atoms with Crippen molar-refractivity contribution in [3.05, 3.63) is 61.4 Å². The van der Waals surface area contributed by atoms with E-state index >= 15 is 0 Å². The summed E-state index contributed by atoms with van der Waals surface area (Å²) < 4.78 is 7.67. The van der Waals surface area contributed by atoms with Crippen LogP contribution in [0.25, 0.3) is 22.2 Å². The Bertz CT molecular complexity index is 1430. The molecule has 1 aromatic carbocycles. The van der Waals surface area contributed by atoms with Gasteiger partial charge in [-0.1, -0.05) is 24.8 Å². The monoisotopic (exact) mass is 500 g/mol. The molecule has 192 valence electrons. The van der Waals surface area contributed by atoms with Crippen molar-refractivity contribution < 1.29 is 9.53 Å². The van der Waals surface area contributed by atoms with E-state index in [0.717, 1.165) is 28.7 Å². The second-order valence-electron chi connectivity index (χ2n) is 8.90. The Morgan fingerprint density at radius 2 is 1.92 bits per heavy atom. The van der Waals surface area contributed by atoms with Crippen LogP contribution >= 0.6 is 0 Å². The number of rotatable bonds is 10. The van der Waals surface area contributed by atoms with Gasteiger partial charge in [-0.05, 0) is 38.4 Å². The van der Waals surface area contributed by atoms with Crippen LogP contribution in [0.1, 0.15) is 0 Å². The number of anilines is 4. The second kappa shape index (κ2) is 11.1. The number of aryl methyl sites for hydroxylation is 1. The molecule has 0 radical (unpaired) electrons. The molecule has 0 saturated carbocycles. The Balaban J connectivity index is 1.71. The highest BCUT2D eigenvalue weighted by Crippen LogP contribution is 2.35. The number of pyridine rings is 1. The summed E-state index contributed by atoms with van der Waals surface area (Å²) in [4.78, 5) is 30.1. The topological polar surface area (TPSA) is 100 Å². The van der Waals surface area contributed by atoms with Crippen LogP contribution in [-0.2, 0) is 11.8 Å². The van der Waals surface area contributed by atoms with Crippen LogP contribution < -0.4 is 20.3 Å². The molecule has 2 N–H and O–H groups in total. The summed E-state index contributed by atoms with van der Waals surface area (Å²) in [6.45, 7) is 5.07. The standard InChI is InChI=1S/C27H32N8O2/c1-7-24(36)29-21-16-22(26(37-6)32-25(21)34(4)15-14-33(2)3)31-27-28-13-12-20(30-27)19-17-35(5)23-11-9-8-10-18(19)23/h7-13,16-17H,1,14-15H2,2-6H3,(H,29,36)(H,28,30,31). The van der Waals surface area contributed by atoms with Gasteiger partial charge >= 0.3 is 0 Å². The Labute approximate surface area is 216 Å². The van der Waals surface area contributed by atoms with Crippen molar-refractivity contribution in [3.63, 3.8) is 0 Å². The number of nitrogens with one attached hydrogen (secondary N) is 2. The van der Waals surface area contributed by atoms with E-state index in [4.69, 9.17) is 14.7 Å². The van der Waals surface area contributed by atoms with Crippen molar-refractivity contribution in [3.8, 4) is 17.1 Å². The molecule has 4 aromatic rings. The largest absolute Gasteiger partial charge is 0.479 e.